The number of nitriles is 1. The third-order valence-corrected chi connectivity index (χ3v) is 4.54. The van der Waals surface area contributed by atoms with Crippen LogP contribution < -0.4 is 5.43 Å². The van der Waals surface area contributed by atoms with Crippen LogP contribution in [-0.4, -0.2) is 5.11 Å². The number of rotatable bonds is 1. The minimum atomic E-state index is -0.259. The lowest BCUT2D eigenvalue weighted by atomic mass is 10.1. The molecule has 0 amide bonds. The number of fused-ring (bicyclic) bond motifs is 1. The van der Waals surface area contributed by atoms with Crippen LogP contribution in [0.4, 0.5) is 0 Å². The van der Waals surface area contributed by atoms with Crippen molar-refractivity contribution in [3.05, 3.63) is 61.1 Å². The summed E-state index contributed by atoms with van der Waals surface area (Å²) in [5.74, 6) is 0.221. The molecule has 0 unspecified atom stereocenters. The van der Waals surface area contributed by atoms with E-state index >= 15 is 0 Å². The molecule has 0 spiro atoms. The second-order valence-corrected chi connectivity index (χ2v) is 6.18. The summed E-state index contributed by atoms with van der Waals surface area (Å²) in [5, 5.41) is 19.4. The topological polar surface area (TPSA) is 74.2 Å². The van der Waals surface area contributed by atoms with Crippen LogP contribution >= 0.6 is 31.9 Å². The van der Waals surface area contributed by atoms with E-state index < -0.39 is 0 Å². The maximum absolute atomic E-state index is 12.3. The van der Waals surface area contributed by atoms with Gasteiger partial charge < -0.3 is 9.52 Å². The molecule has 2 aromatic carbocycles. The number of hydrogen-bond acceptors (Lipinski definition) is 4. The highest BCUT2D eigenvalue weighted by Crippen LogP contribution is 2.39. The number of benzene rings is 2. The van der Waals surface area contributed by atoms with Crippen molar-refractivity contribution >= 4 is 42.8 Å². The molecule has 3 rings (SSSR count). The Morgan fingerprint density at radius 1 is 1.18 bits per heavy atom. The van der Waals surface area contributed by atoms with Crippen molar-refractivity contribution in [2.75, 3.05) is 0 Å². The quantitative estimate of drug-likeness (QED) is 0.626. The molecule has 6 heteroatoms. The fraction of sp³-hybridized carbons (Fsp3) is 0. The molecule has 0 aliphatic heterocycles. The van der Waals surface area contributed by atoms with E-state index in [0.29, 0.717) is 21.0 Å². The smallest absolute Gasteiger partial charge is 0.193 e. The van der Waals surface area contributed by atoms with E-state index in [0.717, 1.165) is 0 Å². The van der Waals surface area contributed by atoms with Crippen LogP contribution in [0.2, 0.25) is 0 Å². The van der Waals surface area contributed by atoms with Gasteiger partial charge in [0.05, 0.1) is 21.5 Å². The molecule has 108 valence electrons. The predicted octanol–water partition coefficient (Wildman–Crippen LogP) is 4.56. The third kappa shape index (κ3) is 2.32. The third-order valence-electron chi connectivity index (χ3n) is 3.20. The molecule has 1 heterocycles. The number of aromatic hydroxyl groups is 1. The molecule has 4 nitrogen and oxygen atoms in total. The lowest BCUT2D eigenvalue weighted by Crippen LogP contribution is -2.01. The van der Waals surface area contributed by atoms with Crippen molar-refractivity contribution in [1.82, 2.24) is 0 Å². The van der Waals surface area contributed by atoms with Gasteiger partial charge in [0.25, 0.3) is 0 Å². The van der Waals surface area contributed by atoms with Crippen molar-refractivity contribution < 1.29 is 9.52 Å². The van der Waals surface area contributed by atoms with Crippen LogP contribution in [0.15, 0.2) is 54.6 Å². The van der Waals surface area contributed by atoms with E-state index in [-0.39, 0.29) is 27.0 Å². The Morgan fingerprint density at radius 2 is 1.91 bits per heavy atom. The van der Waals surface area contributed by atoms with Crippen molar-refractivity contribution in [2.45, 2.75) is 0 Å². The van der Waals surface area contributed by atoms with Gasteiger partial charge in [-0.05, 0) is 50.1 Å². The largest absolute Gasteiger partial charge is 0.505 e. The highest BCUT2D eigenvalue weighted by molar-refractivity contribution is 9.11. The van der Waals surface area contributed by atoms with Gasteiger partial charge in [-0.15, -0.1) is 0 Å². The number of halogens is 2. The van der Waals surface area contributed by atoms with E-state index in [1.807, 2.05) is 0 Å². The summed E-state index contributed by atoms with van der Waals surface area (Å²) in [7, 11) is 0. The number of phenolic OH excluding ortho intramolecular Hbond substituents is 1. The molecule has 1 N–H and O–H groups in total. The summed E-state index contributed by atoms with van der Waals surface area (Å²) >= 11 is 6.41. The molecular formula is C16H7Br2NO3. The molecule has 3 aromatic rings. The molecule has 0 radical (unpaired) electrons. The Hall–Kier alpha value is -2.10. The minimum Gasteiger partial charge on any atom is -0.505 e. The highest BCUT2D eigenvalue weighted by atomic mass is 79.9. The maximum Gasteiger partial charge on any atom is 0.193 e. The van der Waals surface area contributed by atoms with Gasteiger partial charge in [-0.25, -0.2) is 0 Å². The average molecular weight is 421 g/mol. The Labute approximate surface area is 141 Å². The Bertz CT molecular complexity index is 1000. The number of phenols is 1. The van der Waals surface area contributed by atoms with Crippen LogP contribution in [0.1, 0.15) is 5.56 Å². The SMILES string of the molecule is N#Cc1ccccc1-c1cc(=O)c2cc(Br)c(O)c(Br)c2o1. The first-order valence-electron chi connectivity index (χ1n) is 6.17. The molecule has 1 aromatic heterocycles. The summed E-state index contributed by atoms with van der Waals surface area (Å²) < 4.78 is 6.43. The first kappa shape index (κ1) is 14.8. The van der Waals surface area contributed by atoms with Gasteiger partial charge in [0.15, 0.2) is 11.0 Å². The zero-order valence-corrected chi connectivity index (χ0v) is 14.1. The summed E-state index contributed by atoms with van der Waals surface area (Å²) in [5.41, 5.74) is 0.905. The Morgan fingerprint density at radius 3 is 2.64 bits per heavy atom. The van der Waals surface area contributed by atoms with Crippen LogP contribution in [0.3, 0.4) is 0 Å². The first-order valence-corrected chi connectivity index (χ1v) is 7.76. The normalized spacial score (nSPS) is 10.6. The van der Waals surface area contributed by atoms with Crippen LogP contribution in [-0.2, 0) is 0 Å². The fourth-order valence-electron chi connectivity index (χ4n) is 2.14. The van der Waals surface area contributed by atoms with Crippen molar-refractivity contribution in [3.8, 4) is 23.1 Å². The summed E-state index contributed by atoms with van der Waals surface area (Å²) in [6, 6.07) is 11.8. The van der Waals surface area contributed by atoms with Gasteiger partial charge in [0.1, 0.15) is 16.0 Å². The van der Waals surface area contributed by atoms with Crippen LogP contribution in [0.5, 0.6) is 5.75 Å². The van der Waals surface area contributed by atoms with E-state index in [4.69, 9.17) is 4.42 Å². The zero-order valence-electron chi connectivity index (χ0n) is 10.9. The molecule has 0 saturated heterocycles. The summed E-state index contributed by atoms with van der Waals surface area (Å²) in [6.07, 6.45) is 0. The predicted molar refractivity (Wildman–Crippen MR) is 89.7 cm³/mol. The molecular weight excluding hydrogens is 414 g/mol. The molecule has 0 aliphatic rings. The molecule has 0 saturated carbocycles. The highest BCUT2D eigenvalue weighted by Gasteiger charge is 2.16. The van der Waals surface area contributed by atoms with E-state index in [9.17, 15) is 15.2 Å². The van der Waals surface area contributed by atoms with Gasteiger partial charge in [0, 0.05) is 11.6 Å². The second-order valence-electron chi connectivity index (χ2n) is 4.53. The van der Waals surface area contributed by atoms with Gasteiger partial charge >= 0.3 is 0 Å². The Balaban J connectivity index is 2.40. The van der Waals surface area contributed by atoms with Gasteiger partial charge in [-0.1, -0.05) is 12.1 Å². The van der Waals surface area contributed by atoms with Crippen molar-refractivity contribution in [1.29, 1.82) is 5.26 Å². The number of nitrogens with zero attached hydrogens (tertiary/aromatic N) is 1. The standard InChI is InChI=1S/C16H7Br2NO3/c17-11-5-10-12(20)6-13(22-16(10)14(18)15(11)21)9-4-2-1-3-8(9)7-19/h1-6,21H. The van der Waals surface area contributed by atoms with E-state index in [2.05, 4.69) is 37.9 Å². The second kappa shape index (κ2) is 5.59. The zero-order chi connectivity index (χ0) is 15.9. The van der Waals surface area contributed by atoms with Crippen LogP contribution in [0.25, 0.3) is 22.3 Å². The van der Waals surface area contributed by atoms with Gasteiger partial charge in [-0.2, -0.15) is 5.26 Å². The van der Waals surface area contributed by atoms with Crippen molar-refractivity contribution in [3.63, 3.8) is 0 Å². The lowest BCUT2D eigenvalue weighted by molar-refractivity contribution is 0.467. The van der Waals surface area contributed by atoms with E-state index in [1.165, 1.54) is 12.1 Å². The fourth-order valence-corrected chi connectivity index (χ4v) is 3.34. The van der Waals surface area contributed by atoms with Crippen molar-refractivity contribution in [2.24, 2.45) is 0 Å². The number of hydrogen-bond donors (Lipinski definition) is 1. The van der Waals surface area contributed by atoms with Crippen LogP contribution in [0, 0.1) is 11.3 Å². The first-order chi connectivity index (χ1) is 10.5. The lowest BCUT2D eigenvalue weighted by Gasteiger charge is -2.08. The Kier molecular flexibility index (Phi) is 3.77. The summed E-state index contributed by atoms with van der Waals surface area (Å²) in [4.78, 5) is 12.3. The molecule has 0 aliphatic carbocycles. The molecule has 22 heavy (non-hydrogen) atoms. The van der Waals surface area contributed by atoms with Gasteiger partial charge in [-0.3, -0.25) is 4.79 Å². The minimum absolute atomic E-state index is 0.0543. The molecule has 0 atom stereocenters. The summed E-state index contributed by atoms with van der Waals surface area (Å²) in [6.45, 7) is 0. The van der Waals surface area contributed by atoms with E-state index in [1.54, 1.807) is 24.3 Å². The monoisotopic (exact) mass is 419 g/mol. The molecule has 0 fully saturated rings. The van der Waals surface area contributed by atoms with Gasteiger partial charge in [0.2, 0.25) is 0 Å². The molecule has 0 bridgehead atoms. The average Bonchev–Trinajstić information content (AvgIpc) is 2.53. The maximum atomic E-state index is 12.3.